The van der Waals surface area contributed by atoms with E-state index in [9.17, 15) is 4.79 Å². The Morgan fingerprint density at radius 2 is 1.60 bits per heavy atom. The minimum atomic E-state index is -0.0509. The third kappa shape index (κ3) is 6.11. The topological polar surface area (TPSA) is 45.2 Å². The first-order chi connectivity index (χ1) is 17.1. The van der Waals surface area contributed by atoms with Gasteiger partial charge in [0.2, 0.25) is 0 Å². The zero-order valence-corrected chi connectivity index (χ0v) is 21.5. The number of pyridine rings is 1. The van der Waals surface area contributed by atoms with E-state index >= 15 is 0 Å². The van der Waals surface area contributed by atoms with Gasteiger partial charge in [0.15, 0.2) is 0 Å². The summed E-state index contributed by atoms with van der Waals surface area (Å²) in [7, 11) is 4.17. The fraction of sp³-hybridized carbons (Fsp3) is 0.267. The first-order valence-corrected chi connectivity index (χ1v) is 13.3. The second kappa shape index (κ2) is 12.0. The first kappa shape index (κ1) is 25.0. The lowest BCUT2D eigenvalue weighted by Gasteiger charge is -2.21. The zero-order chi connectivity index (χ0) is 24.6. The van der Waals surface area contributed by atoms with E-state index in [4.69, 9.17) is 4.98 Å². The molecule has 1 N–H and O–H groups in total. The van der Waals surface area contributed by atoms with Gasteiger partial charge in [0.05, 0.1) is 22.8 Å². The highest BCUT2D eigenvalue weighted by atomic mass is 32.2. The van der Waals surface area contributed by atoms with E-state index in [1.54, 1.807) is 0 Å². The van der Waals surface area contributed by atoms with Crippen LogP contribution in [0.15, 0.2) is 84.9 Å². The van der Waals surface area contributed by atoms with Gasteiger partial charge >= 0.3 is 0 Å². The van der Waals surface area contributed by atoms with Gasteiger partial charge in [-0.25, -0.2) is 4.98 Å². The number of hydrogen-bond donors (Lipinski definition) is 1. The molecule has 0 bridgehead atoms. The van der Waals surface area contributed by atoms with Gasteiger partial charge in [-0.05, 0) is 32.1 Å². The van der Waals surface area contributed by atoms with Crippen LogP contribution in [0.1, 0.15) is 40.9 Å². The van der Waals surface area contributed by atoms with Crippen LogP contribution in [0.3, 0.4) is 0 Å². The molecule has 0 spiro atoms. The summed E-state index contributed by atoms with van der Waals surface area (Å²) in [5.41, 5.74) is 5.61. The molecule has 5 heteroatoms. The minimum Gasteiger partial charge on any atom is -0.345 e. The SMILES string of the molecule is CC[C@H](NC(=O)c1c(CSCCN(C)C)c(-c2ccccc2)nc2ccccc12)c1ccccc1. The van der Waals surface area contributed by atoms with Gasteiger partial charge in [0.1, 0.15) is 0 Å². The van der Waals surface area contributed by atoms with Crippen molar-refractivity contribution in [3.8, 4) is 11.3 Å². The van der Waals surface area contributed by atoms with E-state index in [1.807, 2.05) is 72.4 Å². The molecule has 1 atom stereocenters. The minimum absolute atomic E-state index is 0.0420. The maximum absolute atomic E-state index is 14.0. The van der Waals surface area contributed by atoms with Gasteiger partial charge in [-0.1, -0.05) is 85.8 Å². The van der Waals surface area contributed by atoms with Crippen molar-refractivity contribution >= 4 is 28.6 Å². The standard InChI is InChI=1S/C30H33N3OS/c1-4-26(22-13-7-5-8-14-22)32-30(34)28-24-17-11-12-18-27(24)31-29(23-15-9-6-10-16-23)25(28)21-35-20-19-33(2)3/h5-18,26H,4,19-21H2,1-3H3,(H,32,34)/t26-/m0/s1. The molecule has 4 nitrogen and oxygen atoms in total. The van der Waals surface area contributed by atoms with Gasteiger partial charge in [-0.15, -0.1) is 0 Å². The second-order valence-electron chi connectivity index (χ2n) is 8.90. The van der Waals surface area contributed by atoms with Crippen LogP contribution in [-0.4, -0.2) is 42.2 Å². The Morgan fingerprint density at radius 3 is 2.29 bits per heavy atom. The second-order valence-corrected chi connectivity index (χ2v) is 10.0. The number of nitrogens with zero attached hydrogens (tertiary/aromatic N) is 2. The number of carbonyl (C=O) groups is 1. The largest absolute Gasteiger partial charge is 0.345 e. The van der Waals surface area contributed by atoms with E-state index in [0.29, 0.717) is 0 Å². The van der Waals surface area contributed by atoms with Crippen molar-refractivity contribution < 1.29 is 4.79 Å². The Labute approximate surface area is 212 Å². The average molecular weight is 484 g/mol. The molecule has 1 amide bonds. The summed E-state index contributed by atoms with van der Waals surface area (Å²) < 4.78 is 0. The normalized spacial score (nSPS) is 12.1. The van der Waals surface area contributed by atoms with Crippen LogP contribution in [0.2, 0.25) is 0 Å². The Bertz CT molecular complexity index is 1260. The monoisotopic (exact) mass is 483 g/mol. The lowest BCUT2D eigenvalue weighted by molar-refractivity contribution is 0.0936. The van der Waals surface area contributed by atoms with Crippen molar-refractivity contribution in [3.05, 3.63) is 102 Å². The molecule has 0 unspecified atom stereocenters. The predicted molar refractivity (Wildman–Crippen MR) is 149 cm³/mol. The Morgan fingerprint density at radius 1 is 0.943 bits per heavy atom. The molecule has 4 aromatic rings. The summed E-state index contributed by atoms with van der Waals surface area (Å²) in [4.78, 5) is 21.2. The number of thioether (sulfide) groups is 1. The highest BCUT2D eigenvalue weighted by Gasteiger charge is 2.23. The van der Waals surface area contributed by atoms with Crippen LogP contribution < -0.4 is 5.32 Å². The van der Waals surface area contributed by atoms with Crippen molar-refractivity contribution in [3.63, 3.8) is 0 Å². The quantitative estimate of drug-likeness (QED) is 0.259. The number of fused-ring (bicyclic) bond motifs is 1. The van der Waals surface area contributed by atoms with Crippen LogP contribution >= 0.6 is 11.8 Å². The molecule has 3 aromatic carbocycles. The smallest absolute Gasteiger partial charge is 0.252 e. The van der Waals surface area contributed by atoms with Crippen molar-refractivity contribution in [2.75, 3.05) is 26.4 Å². The van der Waals surface area contributed by atoms with E-state index in [0.717, 1.165) is 63.3 Å². The number of hydrogen-bond acceptors (Lipinski definition) is 4. The number of amides is 1. The van der Waals surface area contributed by atoms with E-state index in [2.05, 4.69) is 55.5 Å². The van der Waals surface area contributed by atoms with Crippen molar-refractivity contribution in [1.82, 2.24) is 15.2 Å². The molecule has 0 aliphatic rings. The summed E-state index contributed by atoms with van der Waals surface area (Å²) in [6, 6.07) is 28.3. The molecule has 0 aliphatic heterocycles. The predicted octanol–water partition coefficient (Wildman–Crippen LogP) is 6.58. The summed E-state index contributed by atoms with van der Waals surface area (Å²) in [5.74, 6) is 1.66. The molecule has 0 aliphatic carbocycles. The van der Waals surface area contributed by atoms with Crippen molar-refractivity contribution in [2.45, 2.75) is 25.1 Å². The molecule has 0 radical (unpaired) electrons. The molecule has 1 aromatic heterocycles. The fourth-order valence-electron chi connectivity index (χ4n) is 4.24. The number of para-hydroxylation sites is 1. The lowest BCUT2D eigenvalue weighted by atomic mass is 9.96. The van der Waals surface area contributed by atoms with E-state index in [-0.39, 0.29) is 11.9 Å². The molecule has 1 heterocycles. The van der Waals surface area contributed by atoms with Gasteiger partial charge in [-0.2, -0.15) is 11.8 Å². The Kier molecular flexibility index (Phi) is 8.56. The van der Waals surface area contributed by atoms with Crippen molar-refractivity contribution in [1.29, 1.82) is 0 Å². The summed E-state index contributed by atoms with van der Waals surface area (Å²) in [6.45, 7) is 3.09. The lowest BCUT2D eigenvalue weighted by Crippen LogP contribution is -2.29. The third-order valence-corrected chi connectivity index (χ3v) is 7.08. The fourth-order valence-corrected chi connectivity index (χ4v) is 5.37. The number of carbonyl (C=O) groups excluding carboxylic acids is 1. The molecular weight excluding hydrogens is 450 g/mol. The molecule has 4 rings (SSSR count). The average Bonchev–Trinajstić information content (AvgIpc) is 2.89. The highest BCUT2D eigenvalue weighted by molar-refractivity contribution is 7.98. The zero-order valence-electron chi connectivity index (χ0n) is 20.7. The van der Waals surface area contributed by atoms with Crippen LogP contribution in [-0.2, 0) is 5.75 Å². The van der Waals surface area contributed by atoms with Gasteiger partial charge < -0.3 is 10.2 Å². The van der Waals surface area contributed by atoms with E-state index < -0.39 is 0 Å². The molecule has 0 saturated carbocycles. The highest BCUT2D eigenvalue weighted by Crippen LogP contribution is 2.33. The van der Waals surface area contributed by atoms with Crippen molar-refractivity contribution in [2.24, 2.45) is 0 Å². The molecule has 0 fully saturated rings. The maximum Gasteiger partial charge on any atom is 0.252 e. The van der Waals surface area contributed by atoms with E-state index in [1.165, 1.54) is 0 Å². The van der Waals surface area contributed by atoms with Crippen LogP contribution in [0, 0.1) is 0 Å². The first-order valence-electron chi connectivity index (χ1n) is 12.1. The molecule has 180 valence electrons. The third-order valence-electron chi connectivity index (χ3n) is 6.11. The van der Waals surface area contributed by atoms with Crippen LogP contribution in [0.4, 0.5) is 0 Å². The Balaban J connectivity index is 1.81. The van der Waals surface area contributed by atoms with Gasteiger partial charge in [0.25, 0.3) is 5.91 Å². The summed E-state index contributed by atoms with van der Waals surface area (Å²) in [6.07, 6.45) is 0.817. The molecule has 0 saturated heterocycles. The number of rotatable bonds is 10. The number of aromatic nitrogens is 1. The van der Waals surface area contributed by atoms with Crippen LogP contribution in [0.5, 0.6) is 0 Å². The maximum atomic E-state index is 14.0. The van der Waals surface area contributed by atoms with Crippen LogP contribution in [0.25, 0.3) is 22.2 Å². The van der Waals surface area contributed by atoms with Gasteiger partial charge in [-0.3, -0.25) is 4.79 Å². The number of benzene rings is 3. The van der Waals surface area contributed by atoms with Gasteiger partial charge in [0, 0.05) is 34.6 Å². The summed E-state index contributed by atoms with van der Waals surface area (Å²) in [5, 5.41) is 4.23. The molecular formula is C30H33N3OS. The number of nitrogens with one attached hydrogen (secondary N) is 1. The Hall–Kier alpha value is -3.15. The summed E-state index contributed by atoms with van der Waals surface area (Å²) >= 11 is 1.84. The molecule has 35 heavy (non-hydrogen) atoms.